The normalized spacial score (nSPS) is 12.5. The van der Waals surface area contributed by atoms with Crippen molar-refractivity contribution in [3.8, 4) is 0 Å². The fourth-order valence-electron chi connectivity index (χ4n) is 1.31. The number of carbonyl (C=O) groups is 1. The standard InChI is InChI=1S/C13H21NO/c1-5-8-10-12(7-3)13(9-6-2)14-11(4)15/h6,8,10H,2,5,7,9H2,1,3-4H3,(H,14,15). The molecule has 15 heavy (non-hydrogen) atoms. The van der Waals surface area contributed by atoms with Crippen molar-refractivity contribution in [2.45, 2.75) is 40.0 Å². The topological polar surface area (TPSA) is 29.1 Å². The Kier molecular flexibility index (Phi) is 7.33. The molecule has 0 fully saturated rings. The number of carbonyl (C=O) groups excluding carboxylic acids is 1. The number of hydrogen-bond donors (Lipinski definition) is 1. The van der Waals surface area contributed by atoms with Gasteiger partial charge in [0, 0.05) is 19.0 Å². The molecule has 1 amide bonds. The SMILES string of the molecule is C=CCC(NC(C)=O)=C(C=CCC)CC. The van der Waals surface area contributed by atoms with Gasteiger partial charge in [-0.1, -0.05) is 32.1 Å². The largest absolute Gasteiger partial charge is 0.329 e. The molecule has 2 nitrogen and oxygen atoms in total. The Morgan fingerprint density at radius 3 is 2.47 bits per heavy atom. The first kappa shape index (κ1) is 13.7. The van der Waals surface area contributed by atoms with Crippen LogP contribution in [0.1, 0.15) is 40.0 Å². The third-order valence-electron chi connectivity index (χ3n) is 2.00. The summed E-state index contributed by atoms with van der Waals surface area (Å²) >= 11 is 0. The maximum Gasteiger partial charge on any atom is 0.221 e. The summed E-state index contributed by atoms with van der Waals surface area (Å²) in [6, 6.07) is 0. The molecule has 0 saturated heterocycles. The van der Waals surface area contributed by atoms with Crippen molar-refractivity contribution >= 4 is 5.91 Å². The maximum atomic E-state index is 11.0. The molecule has 0 rings (SSSR count). The van der Waals surface area contributed by atoms with Crippen LogP contribution < -0.4 is 5.32 Å². The monoisotopic (exact) mass is 207 g/mol. The van der Waals surface area contributed by atoms with Crippen LogP contribution in [0.5, 0.6) is 0 Å². The highest BCUT2D eigenvalue weighted by Crippen LogP contribution is 2.12. The van der Waals surface area contributed by atoms with Crippen LogP contribution in [-0.4, -0.2) is 5.91 Å². The molecule has 0 spiro atoms. The molecule has 0 aromatic rings. The van der Waals surface area contributed by atoms with E-state index in [0.717, 1.165) is 18.5 Å². The molecule has 0 unspecified atom stereocenters. The van der Waals surface area contributed by atoms with Gasteiger partial charge in [-0.15, -0.1) is 6.58 Å². The fourth-order valence-corrected chi connectivity index (χ4v) is 1.31. The molecule has 0 aliphatic rings. The zero-order valence-electron chi connectivity index (χ0n) is 9.97. The van der Waals surface area contributed by atoms with Gasteiger partial charge < -0.3 is 5.32 Å². The van der Waals surface area contributed by atoms with E-state index >= 15 is 0 Å². The van der Waals surface area contributed by atoms with Gasteiger partial charge in [0.15, 0.2) is 0 Å². The summed E-state index contributed by atoms with van der Waals surface area (Å²) in [5, 5.41) is 2.86. The number of hydrogen-bond acceptors (Lipinski definition) is 1. The van der Waals surface area contributed by atoms with Crippen LogP contribution in [-0.2, 0) is 4.79 Å². The summed E-state index contributed by atoms with van der Waals surface area (Å²) in [4.78, 5) is 11.0. The van der Waals surface area contributed by atoms with Crippen molar-refractivity contribution < 1.29 is 4.79 Å². The molecule has 0 aromatic carbocycles. The lowest BCUT2D eigenvalue weighted by Crippen LogP contribution is -2.20. The molecule has 0 aliphatic carbocycles. The van der Waals surface area contributed by atoms with Crippen LogP contribution in [0.15, 0.2) is 36.1 Å². The highest BCUT2D eigenvalue weighted by atomic mass is 16.1. The van der Waals surface area contributed by atoms with E-state index in [-0.39, 0.29) is 5.91 Å². The minimum Gasteiger partial charge on any atom is -0.329 e. The van der Waals surface area contributed by atoms with E-state index in [9.17, 15) is 4.79 Å². The van der Waals surface area contributed by atoms with Crippen LogP contribution in [0, 0.1) is 0 Å². The minimum atomic E-state index is -0.0253. The predicted molar refractivity (Wildman–Crippen MR) is 65.4 cm³/mol. The minimum absolute atomic E-state index is 0.0253. The van der Waals surface area contributed by atoms with Gasteiger partial charge in [0.25, 0.3) is 0 Å². The zero-order valence-corrected chi connectivity index (χ0v) is 9.97. The van der Waals surface area contributed by atoms with Crippen LogP contribution >= 0.6 is 0 Å². The molecule has 2 heteroatoms. The lowest BCUT2D eigenvalue weighted by molar-refractivity contribution is -0.118. The van der Waals surface area contributed by atoms with Crippen molar-refractivity contribution in [2.75, 3.05) is 0 Å². The summed E-state index contributed by atoms with van der Waals surface area (Å²) in [6.45, 7) is 9.40. The van der Waals surface area contributed by atoms with Gasteiger partial charge in [-0.2, -0.15) is 0 Å². The molecule has 0 atom stereocenters. The molecule has 1 N–H and O–H groups in total. The van der Waals surface area contributed by atoms with Crippen molar-refractivity contribution in [1.29, 1.82) is 0 Å². The zero-order chi connectivity index (χ0) is 11.7. The quantitative estimate of drug-likeness (QED) is 0.525. The summed E-state index contributed by atoms with van der Waals surface area (Å²) < 4.78 is 0. The van der Waals surface area contributed by atoms with E-state index in [1.807, 2.05) is 0 Å². The first-order valence-corrected chi connectivity index (χ1v) is 5.42. The molecule has 0 heterocycles. The third kappa shape index (κ3) is 5.89. The van der Waals surface area contributed by atoms with Gasteiger partial charge in [-0.25, -0.2) is 0 Å². The van der Waals surface area contributed by atoms with Gasteiger partial charge in [0.2, 0.25) is 5.91 Å². The highest BCUT2D eigenvalue weighted by Gasteiger charge is 2.02. The molecule has 0 aromatic heterocycles. The first-order chi connectivity index (χ1) is 7.15. The molecule has 0 aliphatic heterocycles. The van der Waals surface area contributed by atoms with Crippen LogP contribution in [0.2, 0.25) is 0 Å². The lowest BCUT2D eigenvalue weighted by Gasteiger charge is -2.10. The van der Waals surface area contributed by atoms with E-state index < -0.39 is 0 Å². The molecular formula is C13H21NO. The fraction of sp³-hybridized carbons (Fsp3) is 0.462. The summed E-state index contributed by atoms with van der Waals surface area (Å²) in [7, 11) is 0. The van der Waals surface area contributed by atoms with E-state index in [1.165, 1.54) is 12.5 Å². The van der Waals surface area contributed by atoms with Crippen molar-refractivity contribution in [3.63, 3.8) is 0 Å². The lowest BCUT2D eigenvalue weighted by atomic mass is 10.1. The summed E-state index contributed by atoms with van der Waals surface area (Å²) in [5.41, 5.74) is 2.14. The molecule has 0 radical (unpaired) electrons. The highest BCUT2D eigenvalue weighted by molar-refractivity contribution is 5.75. The summed E-state index contributed by atoms with van der Waals surface area (Å²) in [6.07, 6.45) is 8.61. The second kappa shape index (κ2) is 8.04. The average Bonchev–Trinajstić information content (AvgIpc) is 2.18. The van der Waals surface area contributed by atoms with Crippen molar-refractivity contribution in [2.24, 2.45) is 0 Å². The van der Waals surface area contributed by atoms with Crippen LogP contribution in [0.4, 0.5) is 0 Å². The van der Waals surface area contributed by atoms with Crippen LogP contribution in [0.25, 0.3) is 0 Å². The molecule has 0 bridgehead atoms. The van der Waals surface area contributed by atoms with E-state index in [2.05, 4.69) is 37.9 Å². The van der Waals surface area contributed by atoms with E-state index in [1.54, 1.807) is 6.08 Å². The summed E-state index contributed by atoms with van der Waals surface area (Å²) in [5.74, 6) is -0.0253. The molecule has 84 valence electrons. The molecule has 0 saturated carbocycles. The predicted octanol–water partition coefficient (Wildman–Crippen LogP) is 3.33. The number of nitrogens with one attached hydrogen (secondary N) is 1. The Morgan fingerprint density at radius 1 is 1.40 bits per heavy atom. The van der Waals surface area contributed by atoms with Gasteiger partial charge >= 0.3 is 0 Å². The van der Waals surface area contributed by atoms with Gasteiger partial charge in [-0.05, 0) is 18.4 Å². The Bertz CT molecular complexity index is 274. The Balaban J connectivity index is 4.88. The average molecular weight is 207 g/mol. The van der Waals surface area contributed by atoms with E-state index in [0.29, 0.717) is 6.42 Å². The Hall–Kier alpha value is -1.31. The van der Waals surface area contributed by atoms with Gasteiger partial charge in [0.05, 0.1) is 0 Å². The first-order valence-electron chi connectivity index (χ1n) is 5.42. The van der Waals surface area contributed by atoms with Gasteiger partial charge in [-0.3, -0.25) is 4.79 Å². The Labute approximate surface area is 92.8 Å². The number of allylic oxidation sites excluding steroid dienone is 4. The second-order valence-corrected chi connectivity index (χ2v) is 3.34. The third-order valence-corrected chi connectivity index (χ3v) is 2.00. The maximum absolute atomic E-state index is 11.0. The smallest absolute Gasteiger partial charge is 0.221 e. The Morgan fingerprint density at radius 2 is 2.07 bits per heavy atom. The second-order valence-electron chi connectivity index (χ2n) is 3.34. The number of amides is 1. The van der Waals surface area contributed by atoms with Crippen LogP contribution in [0.3, 0.4) is 0 Å². The molecular weight excluding hydrogens is 186 g/mol. The van der Waals surface area contributed by atoms with Crippen molar-refractivity contribution in [1.82, 2.24) is 5.32 Å². The van der Waals surface area contributed by atoms with Crippen molar-refractivity contribution in [3.05, 3.63) is 36.1 Å². The van der Waals surface area contributed by atoms with Gasteiger partial charge in [0.1, 0.15) is 0 Å². The number of rotatable bonds is 6. The van der Waals surface area contributed by atoms with E-state index in [4.69, 9.17) is 0 Å².